The predicted molar refractivity (Wildman–Crippen MR) is 208 cm³/mol. The first-order valence-corrected chi connectivity index (χ1v) is 23.6. The number of aliphatic carboxylic acids is 1. The Morgan fingerprint density at radius 3 is 1.86 bits per heavy atom. The van der Waals surface area contributed by atoms with E-state index in [4.69, 9.17) is 13.6 Å². The fourth-order valence-electron chi connectivity index (χ4n) is 5.22. The summed E-state index contributed by atoms with van der Waals surface area (Å²) in [6.07, 6.45) is 4.00. The summed E-state index contributed by atoms with van der Waals surface area (Å²) in [6, 6.07) is 17.6. The molecular weight excluding hydrogens is 647 g/mol. The van der Waals surface area contributed by atoms with E-state index in [2.05, 4.69) is 67.7 Å². The molecule has 0 aliphatic heterocycles. The monoisotopic (exact) mass is 711 g/mol. The Hall–Kier alpha value is -2.89. The van der Waals surface area contributed by atoms with Crippen LogP contribution in [0, 0.1) is 5.92 Å². The third-order valence-corrected chi connectivity index (χ3v) is 19.0. The van der Waals surface area contributed by atoms with Gasteiger partial charge >= 0.3 is 12.1 Å². The van der Waals surface area contributed by atoms with Crippen LogP contribution in [-0.4, -0.2) is 63.0 Å². The highest BCUT2D eigenvalue weighted by molar-refractivity contribution is 6.75. The molecule has 0 aliphatic rings. The molecule has 9 heteroatoms. The van der Waals surface area contributed by atoms with Crippen LogP contribution >= 0.6 is 0 Å². The minimum atomic E-state index is -2.43. The van der Waals surface area contributed by atoms with Gasteiger partial charge in [-0.05, 0) is 106 Å². The van der Waals surface area contributed by atoms with Crippen LogP contribution in [0.3, 0.4) is 0 Å². The van der Waals surface area contributed by atoms with E-state index >= 15 is 0 Å². The second-order valence-electron chi connectivity index (χ2n) is 17.3. The van der Waals surface area contributed by atoms with E-state index < -0.39 is 52.3 Å². The van der Waals surface area contributed by atoms with Crippen molar-refractivity contribution in [2.75, 3.05) is 6.61 Å². The second kappa shape index (κ2) is 16.9. The van der Waals surface area contributed by atoms with Gasteiger partial charge in [0.25, 0.3) is 0 Å². The molecule has 2 rings (SSSR count). The predicted octanol–water partition coefficient (Wildman–Crippen LogP) is 10.8. The largest absolute Gasteiger partial charge is 0.544 e. The van der Waals surface area contributed by atoms with Crippen molar-refractivity contribution in [2.24, 2.45) is 5.92 Å². The van der Waals surface area contributed by atoms with Gasteiger partial charge in [0.1, 0.15) is 5.75 Å². The lowest BCUT2D eigenvalue weighted by Gasteiger charge is -2.48. The first kappa shape index (κ1) is 42.3. The van der Waals surface area contributed by atoms with Gasteiger partial charge in [-0.25, -0.2) is 4.79 Å². The molecule has 0 saturated carbocycles. The van der Waals surface area contributed by atoms with Crippen LogP contribution in [0.4, 0.5) is 4.79 Å². The van der Waals surface area contributed by atoms with Gasteiger partial charge in [0.05, 0.1) is 24.7 Å². The lowest BCUT2D eigenvalue weighted by atomic mass is 9.88. The highest BCUT2D eigenvalue weighted by atomic mass is 28.4. The van der Waals surface area contributed by atoms with Crippen molar-refractivity contribution >= 4 is 34.8 Å². The number of ether oxygens (including phenoxy) is 1. The summed E-state index contributed by atoms with van der Waals surface area (Å²) in [5.41, 5.74) is 1.41. The molecule has 7 nitrogen and oxygen atoms in total. The fraction of sp³-hybridized carbons (Fsp3) is 0.600. The lowest BCUT2D eigenvalue weighted by molar-refractivity contribution is -0.143. The van der Waals surface area contributed by atoms with Gasteiger partial charge in [0, 0.05) is 5.54 Å². The number of carbonyl (C=O) groups excluding carboxylic acids is 1. The van der Waals surface area contributed by atoms with Crippen molar-refractivity contribution in [1.29, 1.82) is 0 Å². The van der Waals surface area contributed by atoms with Crippen LogP contribution in [0.25, 0.3) is 6.08 Å². The average molecular weight is 712 g/mol. The molecule has 0 heterocycles. The zero-order valence-electron chi connectivity index (χ0n) is 32.8. The van der Waals surface area contributed by atoms with E-state index in [-0.39, 0.29) is 23.1 Å². The third kappa shape index (κ3) is 12.4. The maximum atomic E-state index is 13.7. The van der Waals surface area contributed by atoms with Gasteiger partial charge in [0.2, 0.25) is 8.32 Å². The number of carboxylic acid groups (broad SMARTS) is 1. The molecule has 3 atom stereocenters. The topological polar surface area (TPSA) is 85.3 Å². The quantitative estimate of drug-likeness (QED) is 0.185. The van der Waals surface area contributed by atoms with Gasteiger partial charge in [-0.15, -0.1) is 0 Å². The van der Waals surface area contributed by atoms with Gasteiger partial charge in [-0.1, -0.05) is 96.2 Å². The van der Waals surface area contributed by atoms with Gasteiger partial charge < -0.3 is 18.7 Å². The Morgan fingerprint density at radius 1 is 0.837 bits per heavy atom. The average Bonchev–Trinajstić information content (AvgIpc) is 2.95. The summed E-state index contributed by atoms with van der Waals surface area (Å²) in [5, 5.41) is 10.5. The minimum absolute atomic E-state index is 0.101. The molecule has 0 fully saturated rings. The molecule has 1 N–H and O–H groups in total. The highest BCUT2D eigenvalue weighted by Crippen LogP contribution is 2.40. The number of rotatable bonds is 15. The Morgan fingerprint density at radius 2 is 1.39 bits per heavy atom. The van der Waals surface area contributed by atoms with Crippen molar-refractivity contribution < 1.29 is 28.3 Å². The molecule has 274 valence electrons. The van der Waals surface area contributed by atoms with Crippen molar-refractivity contribution in [3.63, 3.8) is 0 Å². The van der Waals surface area contributed by atoms with E-state index in [1.54, 1.807) is 11.8 Å². The van der Waals surface area contributed by atoms with Crippen LogP contribution in [0.1, 0.15) is 93.2 Å². The summed E-state index contributed by atoms with van der Waals surface area (Å²) in [7, 11) is -4.38. The van der Waals surface area contributed by atoms with Crippen molar-refractivity contribution in [3.05, 3.63) is 71.8 Å². The van der Waals surface area contributed by atoms with E-state index in [1.807, 2.05) is 87.5 Å². The molecule has 49 heavy (non-hydrogen) atoms. The summed E-state index contributed by atoms with van der Waals surface area (Å²) < 4.78 is 19.2. The van der Waals surface area contributed by atoms with E-state index in [0.717, 1.165) is 16.9 Å². The van der Waals surface area contributed by atoms with Crippen LogP contribution in [0.2, 0.25) is 36.3 Å². The first-order chi connectivity index (χ1) is 22.4. The lowest BCUT2D eigenvalue weighted by Crippen LogP contribution is -2.60. The standard InChI is InChI=1S/C40H65NO6Si2/c1-15-45-37(44)41(38(2,3)4)34(28-31-20-17-16-18-21-31)35(47-49(13,14)40(8,9)10)29-32(36(42)43)23-19-22-30-24-26-33(27-25-30)46-48(11,12)39(5,6)7/h16-22,24-27,32,34-35H,15,23,28-29H2,1-14H3,(H,42,43)/t32-,34+,35+/m1/s1. The number of carboxylic acids is 1. The normalized spacial score (nSPS) is 15.1. The minimum Gasteiger partial charge on any atom is -0.544 e. The molecule has 0 spiro atoms. The van der Waals surface area contributed by atoms with Crippen LogP contribution in [0.15, 0.2) is 60.7 Å². The number of hydrogen-bond donors (Lipinski definition) is 1. The molecular formula is C40H65NO6Si2. The van der Waals surface area contributed by atoms with E-state index in [9.17, 15) is 14.7 Å². The number of benzene rings is 2. The molecule has 0 saturated heterocycles. The Balaban J connectivity index is 2.51. The van der Waals surface area contributed by atoms with Gasteiger partial charge in [0.15, 0.2) is 8.32 Å². The zero-order valence-corrected chi connectivity index (χ0v) is 34.8. The van der Waals surface area contributed by atoms with Gasteiger partial charge in [-0.3, -0.25) is 9.69 Å². The van der Waals surface area contributed by atoms with Crippen molar-refractivity contribution in [2.45, 2.75) is 142 Å². The van der Waals surface area contributed by atoms with E-state index in [1.165, 1.54) is 0 Å². The number of nitrogens with zero attached hydrogens (tertiary/aromatic N) is 1. The molecule has 2 aromatic rings. The number of amides is 1. The highest BCUT2D eigenvalue weighted by Gasteiger charge is 2.46. The number of carbonyl (C=O) groups is 2. The van der Waals surface area contributed by atoms with Crippen LogP contribution in [-0.2, 0) is 20.4 Å². The maximum Gasteiger partial charge on any atom is 0.410 e. The van der Waals surface area contributed by atoms with Crippen LogP contribution < -0.4 is 4.43 Å². The molecule has 0 bridgehead atoms. The summed E-state index contributed by atoms with van der Waals surface area (Å²) in [5.74, 6) is -0.759. The molecule has 1 amide bonds. The van der Waals surface area contributed by atoms with Crippen LogP contribution in [0.5, 0.6) is 5.75 Å². The first-order valence-electron chi connectivity index (χ1n) is 17.8. The summed E-state index contributed by atoms with van der Waals surface area (Å²) in [6.45, 7) is 30.0. The SMILES string of the molecule is CCOC(=O)N([C@@H](Cc1ccccc1)[C@H](C[C@@H](CC=Cc1ccc(O[Si](C)(C)C(C)(C)C)cc1)C(=O)O)O[Si](C)(C)C(C)(C)C)C(C)(C)C. The molecule has 0 radical (unpaired) electrons. The van der Waals surface area contributed by atoms with Crippen molar-refractivity contribution in [3.8, 4) is 5.75 Å². The Labute approximate surface area is 299 Å². The molecule has 0 aromatic heterocycles. The van der Waals surface area contributed by atoms with Gasteiger partial charge in [-0.2, -0.15) is 0 Å². The number of hydrogen-bond acceptors (Lipinski definition) is 5. The third-order valence-electron chi connectivity index (χ3n) is 10.1. The zero-order chi connectivity index (χ0) is 37.4. The maximum absolute atomic E-state index is 13.7. The Bertz CT molecular complexity index is 1370. The Kier molecular flexibility index (Phi) is 14.6. The molecule has 2 aromatic carbocycles. The smallest absolute Gasteiger partial charge is 0.410 e. The van der Waals surface area contributed by atoms with Crippen molar-refractivity contribution in [1.82, 2.24) is 4.90 Å². The number of allylic oxidation sites excluding steroid dienone is 1. The second-order valence-corrected chi connectivity index (χ2v) is 26.7. The summed E-state index contributed by atoms with van der Waals surface area (Å²) >= 11 is 0. The molecule has 0 unspecified atom stereocenters. The van der Waals surface area contributed by atoms with E-state index in [0.29, 0.717) is 12.8 Å². The summed E-state index contributed by atoms with van der Waals surface area (Å²) in [4.78, 5) is 28.4. The fourth-order valence-corrected chi connectivity index (χ4v) is 7.62. The molecule has 0 aliphatic carbocycles.